The van der Waals surface area contributed by atoms with Crippen LogP contribution in [0.1, 0.15) is 43.9 Å². The highest BCUT2D eigenvalue weighted by molar-refractivity contribution is 5.84. The van der Waals surface area contributed by atoms with Crippen LogP contribution in [-0.4, -0.2) is 29.0 Å². The molecule has 1 amide bonds. The van der Waals surface area contributed by atoms with Crippen LogP contribution >= 0.6 is 0 Å². The highest BCUT2D eigenvalue weighted by Gasteiger charge is 2.51. The summed E-state index contributed by atoms with van der Waals surface area (Å²) in [4.78, 5) is 12.7. The molecular formula is C16H18FN3O. The lowest BCUT2D eigenvalue weighted by Gasteiger charge is -2.26. The zero-order valence-electron chi connectivity index (χ0n) is 12.3. The highest BCUT2D eigenvalue weighted by Crippen LogP contribution is 2.43. The third-order valence-corrected chi connectivity index (χ3v) is 4.73. The number of nitrogens with zero attached hydrogens (tertiary/aromatic N) is 3. The van der Waals surface area contributed by atoms with E-state index in [1.54, 1.807) is 11.1 Å². The fourth-order valence-corrected chi connectivity index (χ4v) is 3.31. The van der Waals surface area contributed by atoms with Crippen molar-refractivity contribution in [3.05, 3.63) is 35.1 Å². The van der Waals surface area contributed by atoms with Crippen molar-refractivity contribution in [2.24, 2.45) is 5.41 Å². The summed E-state index contributed by atoms with van der Waals surface area (Å²) in [5, 5.41) is 12.8. The molecule has 3 rings (SSSR count). The minimum absolute atomic E-state index is 0.107. The molecule has 2 aliphatic heterocycles. The molecule has 0 radical (unpaired) electrons. The Hall–Kier alpha value is -1.93. The van der Waals surface area contributed by atoms with Gasteiger partial charge in [0, 0.05) is 13.1 Å². The van der Waals surface area contributed by atoms with Crippen LogP contribution in [0, 0.1) is 22.6 Å². The summed E-state index contributed by atoms with van der Waals surface area (Å²) >= 11 is 0. The summed E-state index contributed by atoms with van der Waals surface area (Å²) in [5.74, 6) is -0.317. The van der Waals surface area contributed by atoms with Gasteiger partial charge in [-0.05, 0) is 43.5 Å². The molecule has 0 spiro atoms. The van der Waals surface area contributed by atoms with Gasteiger partial charge in [0.05, 0.1) is 23.1 Å². The second kappa shape index (κ2) is 4.81. The molecule has 0 saturated carbocycles. The van der Waals surface area contributed by atoms with Crippen LogP contribution in [0.5, 0.6) is 0 Å². The average Bonchev–Trinajstić information content (AvgIpc) is 2.98. The Balaban J connectivity index is 1.97. The molecule has 0 bridgehead atoms. The normalized spacial score (nSPS) is 28.8. The first-order valence-corrected chi connectivity index (χ1v) is 7.27. The SMILES string of the molecule is CC[C@@]1(C)CN2CC[C@@H](c3cc(F)cc(C#N)c3)N2C1=O. The van der Waals surface area contributed by atoms with Crippen molar-refractivity contribution in [1.82, 2.24) is 10.0 Å². The largest absolute Gasteiger partial charge is 0.273 e. The summed E-state index contributed by atoms with van der Waals surface area (Å²) in [7, 11) is 0. The van der Waals surface area contributed by atoms with Crippen LogP contribution in [-0.2, 0) is 4.79 Å². The van der Waals surface area contributed by atoms with Gasteiger partial charge in [0.2, 0.25) is 5.91 Å². The van der Waals surface area contributed by atoms with E-state index in [-0.39, 0.29) is 17.4 Å². The topological polar surface area (TPSA) is 47.3 Å². The first-order chi connectivity index (χ1) is 9.98. The van der Waals surface area contributed by atoms with Gasteiger partial charge in [0.25, 0.3) is 0 Å². The van der Waals surface area contributed by atoms with E-state index in [9.17, 15) is 9.18 Å². The van der Waals surface area contributed by atoms with E-state index < -0.39 is 5.82 Å². The van der Waals surface area contributed by atoms with Gasteiger partial charge in [0.15, 0.2) is 0 Å². The second-order valence-corrected chi connectivity index (χ2v) is 6.14. The predicted molar refractivity (Wildman–Crippen MR) is 75.3 cm³/mol. The number of carbonyl (C=O) groups is 1. The number of halogens is 1. The molecule has 0 unspecified atom stereocenters. The molecule has 2 heterocycles. The summed E-state index contributed by atoms with van der Waals surface area (Å²) in [6, 6.07) is 6.16. The molecule has 110 valence electrons. The molecule has 0 aliphatic carbocycles. The molecule has 0 N–H and O–H groups in total. The zero-order chi connectivity index (χ0) is 15.2. The number of fused-ring (bicyclic) bond motifs is 1. The van der Waals surface area contributed by atoms with Crippen LogP contribution < -0.4 is 0 Å². The first-order valence-electron chi connectivity index (χ1n) is 7.27. The van der Waals surface area contributed by atoms with Crippen LogP contribution in [0.2, 0.25) is 0 Å². The van der Waals surface area contributed by atoms with Crippen molar-refractivity contribution < 1.29 is 9.18 Å². The number of benzene rings is 1. The van der Waals surface area contributed by atoms with E-state index in [1.807, 2.05) is 19.9 Å². The van der Waals surface area contributed by atoms with Gasteiger partial charge in [-0.25, -0.2) is 9.40 Å². The molecule has 4 nitrogen and oxygen atoms in total. The Bertz CT molecular complexity index is 639. The Morgan fingerprint density at radius 3 is 2.90 bits per heavy atom. The molecule has 2 atom stereocenters. The number of rotatable bonds is 2. The number of carbonyl (C=O) groups excluding carboxylic acids is 1. The van der Waals surface area contributed by atoms with Gasteiger partial charge < -0.3 is 0 Å². The Morgan fingerprint density at radius 2 is 2.24 bits per heavy atom. The standard InChI is InChI=1S/C16H18FN3O/c1-3-16(2)10-19-5-4-14(20(19)15(16)21)12-6-11(9-18)7-13(17)8-12/h6-8,14H,3-5,10H2,1-2H3/t14-,16-/m0/s1. The zero-order valence-corrected chi connectivity index (χ0v) is 12.3. The van der Waals surface area contributed by atoms with E-state index in [1.165, 1.54) is 12.1 Å². The lowest BCUT2D eigenvalue weighted by molar-refractivity contribution is -0.142. The first kappa shape index (κ1) is 14.0. The monoisotopic (exact) mass is 287 g/mol. The van der Waals surface area contributed by atoms with E-state index in [2.05, 4.69) is 5.01 Å². The minimum atomic E-state index is -0.424. The highest BCUT2D eigenvalue weighted by atomic mass is 19.1. The van der Waals surface area contributed by atoms with Crippen molar-refractivity contribution in [1.29, 1.82) is 5.26 Å². The molecule has 2 fully saturated rings. The van der Waals surface area contributed by atoms with Crippen molar-refractivity contribution in [3.8, 4) is 6.07 Å². The smallest absolute Gasteiger partial charge is 0.244 e. The summed E-state index contributed by atoms with van der Waals surface area (Å²) in [6.07, 6.45) is 1.57. The van der Waals surface area contributed by atoms with E-state index >= 15 is 0 Å². The summed E-state index contributed by atoms with van der Waals surface area (Å²) < 4.78 is 13.7. The fourth-order valence-electron chi connectivity index (χ4n) is 3.31. The maximum atomic E-state index is 13.7. The van der Waals surface area contributed by atoms with Crippen LogP contribution in [0.15, 0.2) is 18.2 Å². The molecule has 0 aromatic heterocycles. The molecule has 21 heavy (non-hydrogen) atoms. The van der Waals surface area contributed by atoms with Gasteiger partial charge >= 0.3 is 0 Å². The van der Waals surface area contributed by atoms with Crippen molar-refractivity contribution >= 4 is 5.91 Å². The van der Waals surface area contributed by atoms with Crippen molar-refractivity contribution in [2.75, 3.05) is 13.1 Å². The number of hydrogen-bond donors (Lipinski definition) is 0. The minimum Gasteiger partial charge on any atom is -0.273 e. The Morgan fingerprint density at radius 1 is 1.48 bits per heavy atom. The van der Waals surface area contributed by atoms with Crippen molar-refractivity contribution in [2.45, 2.75) is 32.7 Å². The van der Waals surface area contributed by atoms with Crippen LogP contribution in [0.4, 0.5) is 4.39 Å². The van der Waals surface area contributed by atoms with Gasteiger partial charge in [-0.2, -0.15) is 5.26 Å². The van der Waals surface area contributed by atoms with E-state index in [0.29, 0.717) is 11.1 Å². The van der Waals surface area contributed by atoms with Gasteiger partial charge in [-0.1, -0.05) is 6.92 Å². The van der Waals surface area contributed by atoms with Gasteiger partial charge in [-0.15, -0.1) is 0 Å². The Labute approximate surface area is 123 Å². The average molecular weight is 287 g/mol. The van der Waals surface area contributed by atoms with Gasteiger partial charge in [0.1, 0.15) is 5.82 Å². The number of hydrogen-bond acceptors (Lipinski definition) is 3. The third-order valence-electron chi connectivity index (χ3n) is 4.73. The maximum absolute atomic E-state index is 13.7. The Kier molecular flexibility index (Phi) is 3.22. The fraction of sp³-hybridized carbons (Fsp3) is 0.500. The second-order valence-electron chi connectivity index (χ2n) is 6.14. The maximum Gasteiger partial charge on any atom is 0.244 e. The summed E-state index contributed by atoms with van der Waals surface area (Å²) in [6.45, 7) is 5.52. The van der Waals surface area contributed by atoms with Crippen LogP contribution in [0.3, 0.4) is 0 Å². The lowest BCUT2D eigenvalue weighted by Crippen LogP contribution is -2.36. The van der Waals surface area contributed by atoms with Crippen molar-refractivity contribution in [3.63, 3.8) is 0 Å². The molecule has 2 aliphatic rings. The van der Waals surface area contributed by atoms with Crippen LogP contribution in [0.25, 0.3) is 0 Å². The lowest BCUT2D eigenvalue weighted by atomic mass is 9.86. The summed E-state index contributed by atoms with van der Waals surface area (Å²) in [5.41, 5.74) is 0.653. The number of hydrazine groups is 1. The number of amides is 1. The molecule has 1 aromatic rings. The molecular weight excluding hydrogens is 269 g/mol. The van der Waals surface area contributed by atoms with E-state index in [0.717, 1.165) is 25.9 Å². The molecule has 1 aromatic carbocycles. The molecule has 5 heteroatoms. The van der Waals surface area contributed by atoms with Gasteiger partial charge in [-0.3, -0.25) is 9.80 Å². The quantitative estimate of drug-likeness (QED) is 0.840. The van der Waals surface area contributed by atoms with E-state index in [4.69, 9.17) is 5.26 Å². The molecule has 2 saturated heterocycles. The number of nitriles is 1. The predicted octanol–water partition coefficient (Wildman–Crippen LogP) is 2.62. The third kappa shape index (κ3) is 2.11.